The van der Waals surface area contributed by atoms with Crippen LogP contribution in [0.4, 0.5) is 0 Å². The molecule has 0 spiro atoms. The van der Waals surface area contributed by atoms with Crippen molar-refractivity contribution in [2.24, 2.45) is 0 Å². The molecule has 2 aromatic heterocycles. The second-order valence-corrected chi connectivity index (χ2v) is 4.32. The van der Waals surface area contributed by atoms with Crippen LogP contribution in [-0.2, 0) is 6.42 Å². The standard InChI is InChI=1S/C7H9N5S2/c1-8-3-2-6-10-11-7(14-6)5-4-13-12-9-5/h4,8H,2-3H2,1H3. The summed E-state index contributed by atoms with van der Waals surface area (Å²) in [5.74, 6) is 0. The highest BCUT2D eigenvalue weighted by Gasteiger charge is 2.08. The maximum atomic E-state index is 4.08. The Balaban J connectivity index is 2.10. The monoisotopic (exact) mass is 227 g/mol. The van der Waals surface area contributed by atoms with Crippen LogP contribution >= 0.6 is 22.9 Å². The van der Waals surface area contributed by atoms with Crippen LogP contribution in [0.2, 0.25) is 0 Å². The lowest BCUT2D eigenvalue weighted by atomic mass is 10.4. The van der Waals surface area contributed by atoms with E-state index in [-0.39, 0.29) is 0 Å². The van der Waals surface area contributed by atoms with Crippen LogP contribution in [0.5, 0.6) is 0 Å². The molecule has 0 fully saturated rings. The molecule has 7 heteroatoms. The first kappa shape index (κ1) is 9.63. The summed E-state index contributed by atoms with van der Waals surface area (Å²) in [5.41, 5.74) is 0.822. The summed E-state index contributed by atoms with van der Waals surface area (Å²) in [6.45, 7) is 0.921. The minimum Gasteiger partial charge on any atom is -0.319 e. The number of aromatic nitrogens is 4. The summed E-state index contributed by atoms with van der Waals surface area (Å²) >= 11 is 2.90. The van der Waals surface area contributed by atoms with Gasteiger partial charge in [-0.1, -0.05) is 15.8 Å². The lowest BCUT2D eigenvalue weighted by Crippen LogP contribution is -2.09. The van der Waals surface area contributed by atoms with Crippen LogP contribution in [-0.4, -0.2) is 33.4 Å². The fraction of sp³-hybridized carbons (Fsp3) is 0.429. The van der Waals surface area contributed by atoms with Crippen molar-refractivity contribution in [3.05, 3.63) is 10.4 Å². The lowest BCUT2D eigenvalue weighted by Gasteiger charge is -1.91. The minimum atomic E-state index is 0.822. The molecule has 0 radical (unpaired) electrons. The number of hydrogen-bond acceptors (Lipinski definition) is 7. The van der Waals surface area contributed by atoms with Crippen LogP contribution in [0, 0.1) is 0 Å². The van der Waals surface area contributed by atoms with Gasteiger partial charge < -0.3 is 5.32 Å². The molecule has 0 unspecified atom stereocenters. The van der Waals surface area contributed by atoms with Crippen LogP contribution in [0.1, 0.15) is 5.01 Å². The summed E-state index contributed by atoms with van der Waals surface area (Å²) in [4.78, 5) is 0. The van der Waals surface area contributed by atoms with Crippen molar-refractivity contribution >= 4 is 22.9 Å². The predicted octanol–water partition coefficient (Wildman–Crippen LogP) is 0.819. The third-order valence-corrected chi connectivity index (χ3v) is 3.15. The van der Waals surface area contributed by atoms with Crippen LogP contribution in [0.3, 0.4) is 0 Å². The van der Waals surface area contributed by atoms with Crippen molar-refractivity contribution in [3.63, 3.8) is 0 Å². The topological polar surface area (TPSA) is 63.6 Å². The van der Waals surface area contributed by atoms with E-state index < -0.39 is 0 Å². The van der Waals surface area contributed by atoms with Crippen LogP contribution < -0.4 is 5.32 Å². The average Bonchev–Trinajstić information content (AvgIpc) is 2.85. The van der Waals surface area contributed by atoms with E-state index in [1.807, 2.05) is 12.4 Å². The average molecular weight is 227 g/mol. The fourth-order valence-electron chi connectivity index (χ4n) is 0.948. The van der Waals surface area contributed by atoms with Crippen LogP contribution in [0.25, 0.3) is 10.7 Å². The Hall–Kier alpha value is -0.920. The Morgan fingerprint density at radius 1 is 1.36 bits per heavy atom. The number of nitrogens with zero attached hydrogens (tertiary/aromatic N) is 4. The summed E-state index contributed by atoms with van der Waals surface area (Å²) in [6, 6.07) is 0. The molecule has 0 atom stereocenters. The largest absolute Gasteiger partial charge is 0.319 e. The molecule has 0 aliphatic carbocycles. The zero-order valence-corrected chi connectivity index (χ0v) is 9.23. The molecule has 5 nitrogen and oxygen atoms in total. The molecule has 2 aromatic rings. The van der Waals surface area contributed by atoms with Gasteiger partial charge in [-0.05, 0) is 18.6 Å². The van der Waals surface area contributed by atoms with Crippen LogP contribution in [0.15, 0.2) is 5.38 Å². The summed E-state index contributed by atoms with van der Waals surface area (Å²) in [5, 5.41) is 18.9. The van der Waals surface area contributed by atoms with Gasteiger partial charge >= 0.3 is 0 Å². The first-order chi connectivity index (χ1) is 6.90. The van der Waals surface area contributed by atoms with Gasteiger partial charge in [0.15, 0.2) is 5.01 Å². The molecule has 0 saturated carbocycles. The first-order valence-electron chi connectivity index (χ1n) is 4.14. The molecule has 1 N–H and O–H groups in total. The van der Waals surface area contributed by atoms with E-state index >= 15 is 0 Å². The van der Waals surface area contributed by atoms with Gasteiger partial charge in [0.2, 0.25) is 0 Å². The lowest BCUT2D eigenvalue weighted by molar-refractivity contribution is 0.779. The highest BCUT2D eigenvalue weighted by Crippen LogP contribution is 2.21. The Morgan fingerprint density at radius 3 is 3.00 bits per heavy atom. The quantitative estimate of drug-likeness (QED) is 0.837. The van der Waals surface area contributed by atoms with E-state index in [9.17, 15) is 0 Å². The number of rotatable bonds is 4. The maximum absolute atomic E-state index is 4.08. The van der Waals surface area contributed by atoms with Gasteiger partial charge in [-0.15, -0.1) is 15.3 Å². The van der Waals surface area contributed by atoms with Gasteiger partial charge in [-0.25, -0.2) is 0 Å². The Labute approximate surface area is 89.4 Å². The van der Waals surface area contributed by atoms with Gasteiger partial charge in [-0.3, -0.25) is 0 Å². The molecule has 0 amide bonds. The Morgan fingerprint density at radius 2 is 2.29 bits per heavy atom. The van der Waals surface area contributed by atoms with Crippen molar-refractivity contribution in [2.45, 2.75) is 6.42 Å². The smallest absolute Gasteiger partial charge is 0.169 e. The number of likely N-dealkylation sites (N-methyl/N-ethyl adjacent to an activating group) is 1. The van der Waals surface area contributed by atoms with Gasteiger partial charge in [0.25, 0.3) is 0 Å². The summed E-state index contributed by atoms with van der Waals surface area (Å²) in [6.07, 6.45) is 0.908. The molecular weight excluding hydrogens is 218 g/mol. The van der Waals surface area contributed by atoms with Crippen molar-refractivity contribution in [1.82, 2.24) is 25.1 Å². The normalized spacial score (nSPS) is 10.6. The fourth-order valence-corrected chi connectivity index (χ4v) is 2.26. The Kier molecular flexibility index (Phi) is 3.12. The Bertz CT molecular complexity index is 382. The molecule has 0 aliphatic heterocycles. The zero-order chi connectivity index (χ0) is 9.80. The molecular formula is C7H9N5S2. The van der Waals surface area contributed by atoms with Gasteiger partial charge in [0, 0.05) is 18.3 Å². The summed E-state index contributed by atoms with van der Waals surface area (Å²) < 4.78 is 3.79. The third kappa shape index (κ3) is 2.11. The highest BCUT2D eigenvalue weighted by atomic mass is 32.1. The second-order valence-electron chi connectivity index (χ2n) is 2.64. The highest BCUT2D eigenvalue weighted by molar-refractivity contribution is 7.15. The molecule has 0 aliphatic rings. The third-order valence-electron chi connectivity index (χ3n) is 1.63. The molecule has 2 heterocycles. The first-order valence-corrected chi connectivity index (χ1v) is 5.80. The minimum absolute atomic E-state index is 0.822. The number of nitrogens with one attached hydrogen (secondary N) is 1. The molecule has 74 valence electrons. The SMILES string of the molecule is CNCCc1nnc(-c2csnn2)s1. The second kappa shape index (κ2) is 4.54. The van der Waals surface area contributed by atoms with E-state index in [4.69, 9.17) is 0 Å². The molecule has 2 rings (SSSR count). The summed E-state index contributed by atoms with van der Waals surface area (Å²) in [7, 11) is 1.92. The maximum Gasteiger partial charge on any atom is 0.169 e. The molecule has 0 bridgehead atoms. The van der Waals surface area contributed by atoms with Crippen molar-refractivity contribution in [1.29, 1.82) is 0 Å². The van der Waals surface area contributed by atoms with Gasteiger partial charge in [0.1, 0.15) is 10.7 Å². The van der Waals surface area contributed by atoms with E-state index in [0.717, 1.165) is 28.7 Å². The molecule has 14 heavy (non-hydrogen) atoms. The van der Waals surface area contributed by atoms with Crippen molar-refractivity contribution < 1.29 is 0 Å². The van der Waals surface area contributed by atoms with E-state index in [0.29, 0.717) is 0 Å². The molecule has 0 saturated heterocycles. The molecule has 0 aromatic carbocycles. The van der Waals surface area contributed by atoms with Gasteiger partial charge in [0.05, 0.1) is 0 Å². The van der Waals surface area contributed by atoms with Crippen molar-refractivity contribution in [3.8, 4) is 10.7 Å². The van der Waals surface area contributed by atoms with E-state index in [1.165, 1.54) is 11.5 Å². The number of hydrogen-bond donors (Lipinski definition) is 1. The zero-order valence-electron chi connectivity index (χ0n) is 7.60. The van der Waals surface area contributed by atoms with Crippen molar-refractivity contribution in [2.75, 3.05) is 13.6 Å². The predicted molar refractivity (Wildman–Crippen MR) is 56.4 cm³/mol. The van der Waals surface area contributed by atoms with E-state index in [1.54, 1.807) is 11.3 Å². The van der Waals surface area contributed by atoms with E-state index in [2.05, 4.69) is 25.1 Å². The van der Waals surface area contributed by atoms with Gasteiger partial charge in [-0.2, -0.15) is 0 Å².